The Balaban J connectivity index is 2.34. The molecule has 0 aliphatic heterocycles. The van der Waals surface area contributed by atoms with Crippen molar-refractivity contribution >= 4 is 34.8 Å². The summed E-state index contributed by atoms with van der Waals surface area (Å²) in [7, 11) is 0. The van der Waals surface area contributed by atoms with Gasteiger partial charge in [0.1, 0.15) is 0 Å². The molecule has 0 bridgehead atoms. The molecule has 1 aromatic carbocycles. The summed E-state index contributed by atoms with van der Waals surface area (Å²) in [5.41, 5.74) is 0.926. The number of aromatic nitrogens is 4. The minimum absolute atomic E-state index is 0.0295. The van der Waals surface area contributed by atoms with Gasteiger partial charge in [-0.1, -0.05) is 6.92 Å². The molecule has 24 heavy (non-hydrogen) atoms. The van der Waals surface area contributed by atoms with E-state index in [2.05, 4.69) is 15.5 Å². The van der Waals surface area contributed by atoms with Crippen LogP contribution in [0.25, 0.3) is 16.7 Å². The molecule has 0 atom stereocenters. The van der Waals surface area contributed by atoms with Crippen molar-refractivity contribution in [3.05, 3.63) is 38.9 Å². The summed E-state index contributed by atoms with van der Waals surface area (Å²) in [5.74, 6) is 0.272. The second kappa shape index (κ2) is 6.20. The molecule has 2 aromatic heterocycles. The van der Waals surface area contributed by atoms with E-state index in [1.807, 2.05) is 20.8 Å². The van der Waals surface area contributed by atoms with E-state index in [-0.39, 0.29) is 17.5 Å². The third kappa shape index (κ3) is 2.62. The zero-order valence-electron chi connectivity index (χ0n) is 13.8. The zero-order chi connectivity index (χ0) is 17.4. The number of carbonyl (C=O) groups excluding carboxylic acids is 1. The minimum atomic E-state index is -0.187. The van der Waals surface area contributed by atoms with Crippen molar-refractivity contribution < 1.29 is 4.79 Å². The summed E-state index contributed by atoms with van der Waals surface area (Å²) in [6, 6.07) is 5.05. The molecule has 1 amide bonds. The summed E-state index contributed by atoms with van der Waals surface area (Å²) in [6.45, 7) is 6.33. The number of nitrogens with one attached hydrogen (secondary N) is 2. The lowest BCUT2D eigenvalue weighted by molar-refractivity contribution is 0.0943. The molecule has 8 heteroatoms. The van der Waals surface area contributed by atoms with E-state index in [0.717, 1.165) is 6.42 Å². The number of nitrogens with zero attached hydrogens (tertiary/aromatic N) is 3. The molecule has 0 spiro atoms. The smallest absolute Gasteiger partial charge is 0.262 e. The van der Waals surface area contributed by atoms with Crippen LogP contribution >= 0.6 is 12.2 Å². The number of amides is 1. The number of carbonyl (C=O) groups is 1. The monoisotopic (exact) mass is 345 g/mol. The lowest BCUT2D eigenvalue weighted by Gasteiger charge is -2.11. The Morgan fingerprint density at radius 2 is 2.17 bits per heavy atom. The van der Waals surface area contributed by atoms with Crippen molar-refractivity contribution in [3.63, 3.8) is 0 Å². The van der Waals surface area contributed by atoms with Crippen LogP contribution in [0.1, 0.15) is 37.6 Å². The Morgan fingerprint density at radius 1 is 1.42 bits per heavy atom. The van der Waals surface area contributed by atoms with Gasteiger partial charge in [-0.3, -0.25) is 18.6 Å². The fourth-order valence-electron chi connectivity index (χ4n) is 2.73. The molecule has 0 radical (unpaired) electrons. The Labute approximate surface area is 143 Å². The first-order chi connectivity index (χ1) is 11.4. The molecular formula is C16H19N5O2S. The SMILES string of the molecule is CCCn1c(=O)c2ccc(C(=O)NC(C)C)cc2n2c(=S)[nH]nc12. The van der Waals surface area contributed by atoms with Crippen molar-refractivity contribution in [1.29, 1.82) is 0 Å². The second-order valence-electron chi connectivity index (χ2n) is 5.98. The molecule has 0 aliphatic rings. The van der Waals surface area contributed by atoms with Crippen molar-refractivity contribution in [2.24, 2.45) is 0 Å². The highest BCUT2D eigenvalue weighted by Gasteiger charge is 2.15. The maximum atomic E-state index is 12.8. The van der Waals surface area contributed by atoms with Gasteiger partial charge in [0.25, 0.3) is 11.5 Å². The predicted octanol–water partition coefficient (Wildman–Crippen LogP) is 2.25. The van der Waals surface area contributed by atoms with Gasteiger partial charge in [0.05, 0.1) is 10.9 Å². The average Bonchev–Trinajstić information content (AvgIpc) is 2.92. The first-order valence-corrected chi connectivity index (χ1v) is 8.29. The van der Waals surface area contributed by atoms with Gasteiger partial charge in [-0.05, 0) is 50.7 Å². The molecular weight excluding hydrogens is 326 g/mol. The Hall–Kier alpha value is -2.48. The van der Waals surface area contributed by atoms with Crippen LogP contribution in [-0.2, 0) is 6.54 Å². The molecule has 0 unspecified atom stereocenters. The summed E-state index contributed by atoms with van der Waals surface area (Å²) in [5, 5.41) is 10.3. The normalized spacial score (nSPS) is 11.5. The van der Waals surface area contributed by atoms with Crippen LogP contribution in [0.2, 0.25) is 0 Å². The number of hydrogen-bond donors (Lipinski definition) is 2. The lowest BCUT2D eigenvalue weighted by Crippen LogP contribution is -2.30. The van der Waals surface area contributed by atoms with Crippen LogP contribution in [0.15, 0.2) is 23.0 Å². The first-order valence-electron chi connectivity index (χ1n) is 7.88. The van der Waals surface area contributed by atoms with Crippen molar-refractivity contribution in [3.8, 4) is 0 Å². The molecule has 0 fully saturated rings. The maximum Gasteiger partial charge on any atom is 0.262 e. The molecule has 0 saturated heterocycles. The number of benzene rings is 1. The number of aryl methyl sites for hydroxylation is 1. The van der Waals surface area contributed by atoms with Crippen molar-refractivity contribution in [1.82, 2.24) is 24.5 Å². The standard InChI is InChI=1S/C16H19N5O2S/c1-4-7-20-14(23)11-6-5-10(13(22)17-9(2)3)8-12(11)21-15(20)18-19-16(21)24/h5-6,8-9H,4,7H2,1-3H3,(H,17,22)(H,19,24). The Kier molecular flexibility index (Phi) is 4.23. The summed E-state index contributed by atoms with van der Waals surface area (Å²) >= 11 is 5.31. The fraction of sp³-hybridized carbons (Fsp3) is 0.375. The number of fused-ring (bicyclic) bond motifs is 3. The third-order valence-electron chi connectivity index (χ3n) is 3.74. The van der Waals surface area contributed by atoms with E-state index in [1.165, 1.54) is 0 Å². The second-order valence-corrected chi connectivity index (χ2v) is 6.37. The summed E-state index contributed by atoms with van der Waals surface area (Å²) in [4.78, 5) is 25.0. The van der Waals surface area contributed by atoms with Crippen molar-refractivity contribution in [2.45, 2.75) is 39.8 Å². The third-order valence-corrected chi connectivity index (χ3v) is 4.01. The minimum Gasteiger partial charge on any atom is -0.350 e. The van der Waals surface area contributed by atoms with Gasteiger partial charge in [-0.25, -0.2) is 5.10 Å². The van der Waals surface area contributed by atoms with Crippen LogP contribution in [0.4, 0.5) is 0 Å². The highest BCUT2D eigenvalue weighted by atomic mass is 32.1. The van der Waals surface area contributed by atoms with Gasteiger partial charge < -0.3 is 5.32 Å². The molecule has 0 saturated carbocycles. The first kappa shape index (κ1) is 16.4. The van der Waals surface area contributed by atoms with Gasteiger partial charge in [-0.15, -0.1) is 5.10 Å². The fourth-order valence-corrected chi connectivity index (χ4v) is 2.96. The van der Waals surface area contributed by atoms with E-state index in [0.29, 0.717) is 33.6 Å². The molecule has 2 N–H and O–H groups in total. The van der Waals surface area contributed by atoms with Crippen LogP contribution in [-0.4, -0.2) is 31.1 Å². The van der Waals surface area contributed by atoms with Gasteiger partial charge in [0, 0.05) is 18.2 Å². The van der Waals surface area contributed by atoms with Gasteiger partial charge in [0.2, 0.25) is 10.5 Å². The predicted molar refractivity (Wildman–Crippen MR) is 95.0 cm³/mol. The largest absolute Gasteiger partial charge is 0.350 e. The number of hydrogen-bond acceptors (Lipinski definition) is 4. The van der Waals surface area contributed by atoms with Crippen LogP contribution in [0.5, 0.6) is 0 Å². The summed E-state index contributed by atoms with van der Waals surface area (Å²) in [6.07, 6.45) is 0.801. The van der Waals surface area contributed by atoms with Gasteiger partial charge in [-0.2, -0.15) is 0 Å². The number of aromatic amines is 1. The van der Waals surface area contributed by atoms with E-state index >= 15 is 0 Å². The van der Waals surface area contributed by atoms with Gasteiger partial charge in [0.15, 0.2) is 0 Å². The van der Waals surface area contributed by atoms with E-state index < -0.39 is 0 Å². The zero-order valence-corrected chi connectivity index (χ0v) is 14.6. The Morgan fingerprint density at radius 3 is 2.83 bits per heavy atom. The maximum absolute atomic E-state index is 12.8. The molecule has 7 nitrogen and oxygen atoms in total. The van der Waals surface area contributed by atoms with Crippen LogP contribution in [0.3, 0.4) is 0 Å². The van der Waals surface area contributed by atoms with Crippen LogP contribution < -0.4 is 10.9 Å². The van der Waals surface area contributed by atoms with E-state index in [1.54, 1.807) is 27.2 Å². The topological polar surface area (TPSA) is 84.2 Å². The lowest BCUT2D eigenvalue weighted by atomic mass is 10.1. The van der Waals surface area contributed by atoms with Gasteiger partial charge >= 0.3 is 0 Å². The van der Waals surface area contributed by atoms with E-state index in [9.17, 15) is 9.59 Å². The van der Waals surface area contributed by atoms with E-state index in [4.69, 9.17) is 12.2 Å². The summed E-state index contributed by atoms with van der Waals surface area (Å²) < 4.78 is 3.69. The average molecular weight is 345 g/mol. The van der Waals surface area contributed by atoms with Crippen LogP contribution in [0, 0.1) is 4.77 Å². The highest BCUT2D eigenvalue weighted by molar-refractivity contribution is 7.71. The van der Waals surface area contributed by atoms with Crippen molar-refractivity contribution in [2.75, 3.05) is 0 Å². The number of rotatable bonds is 4. The molecule has 2 heterocycles. The molecule has 3 rings (SSSR count). The molecule has 3 aromatic rings. The quantitative estimate of drug-likeness (QED) is 0.711. The molecule has 0 aliphatic carbocycles. The Bertz CT molecular complexity index is 1040. The highest BCUT2D eigenvalue weighted by Crippen LogP contribution is 2.16. The number of H-pyrrole nitrogens is 1. The molecule has 126 valence electrons.